The van der Waals surface area contributed by atoms with Crippen LogP contribution in [0.4, 0.5) is 0 Å². The Morgan fingerprint density at radius 3 is 2.73 bits per heavy atom. The molecule has 0 N–H and O–H groups in total. The zero-order valence-corrected chi connectivity index (χ0v) is 11.4. The summed E-state index contributed by atoms with van der Waals surface area (Å²) in [6.07, 6.45) is 1.55. The van der Waals surface area contributed by atoms with E-state index >= 15 is 0 Å². The van der Waals surface area contributed by atoms with Crippen LogP contribution in [0.2, 0.25) is 29.8 Å². The Balaban J connectivity index is 2.44. The van der Waals surface area contributed by atoms with Crippen LogP contribution in [0.5, 0.6) is 0 Å². The largest absolute Gasteiger partial charge is 0.127 e. The van der Waals surface area contributed by atoms with Crippen LogP contribution in [0, 0.1) is 0 Å². The molecule has 0 aromatic rings. The van der Waals surface area contributed by atoms with Crippen LogP contribution in [-0.2, 0) is 0 Å². The van der Waals surface area contributed by atoms with Crippen LogP contribution in [0.3, 0.4) is 0 Å². The molecule has 1 aliphatic rings. The van der Waals surface area contributed by atoms with Crippen molar-refractivity contribution in [1.82, 2.24) is 0 Å². The summed E-state index contributed by atoms with van der Waals surface area (Å²) >= 11 is 4.05. The molecule has 0 aromatic heterocycles. The molecule has 1 heterocycles. The van der Waals surface area contributed by atoms with Gasteiger partial charge in [-0.3, -0.25) is 0 Å². The maximum absolute atomic E-state index is 4.05. The van der Waals surface area contributed by atoms with Crippen molar-refractivity contribution in [2.75, 3.05) is 0 Å². The topological polar surface area (TPSA) is 0 Å². The first-order valence-electron chi connectivity index (χ1n) is 4.89. The Labute approximate surface area is 81.0 Å². The summed E-state index contributed by atoms with van der Waals surface area (Å²) in [5, 5.41) is 0. The first-order valence-corrected chi connectivity index (χ1v) is 12.2. The number of hydrogen-bond donors (Lipinski definition) is 0. The minimum absolute atomic E-state index is 0.233. The van der Waals surface area contributed by atoms with Gasteiger partial charge in [-0.15, -0.1) is 15.3 Å². The maximum atomic E-state index is 4.05. The molecule has 0 nitrogen and oxygen atoms in total. The summed E-state index contributed by atoms with van der Waals surface area (Å²) in [6.45, 7) is 3.96. The maximum Gasteiger partial charge on any atom is 0.127 e. The minimum Gasteiger partial charge on any atom is -0.127 e. The molecule has 0 spiro atoms. The van der Waals surface area contributed by atoms with Gasteiger partial charge < -0.3 is 0 Å². The number of hydrogen-bond acceptors (Lipinski definition) is 0. The van der Waals surface area contributed by atoms with Crippen molar-refractivity contribution in [3.05, 3.63) is 0 Å². The lowest BCUT2D eigenvalue weighted by Crippen LogP contribution is -2.36. The second-order valence-electron chi connectivity index (χ2n) is 3.88. The molecule has 0 amide bonds. The van der Waals surface area contributed by atoms with Gasteiger partial charge in [-0.25, -0.2) is 0 Å². The first-order chi connectivity index (χ1) is 5.20. The molecule has 2 atom stereocenters. The molecule has 1 saturated heterocycles. The highest BCUT2D eigenvalue weighted by molar-refractivity contribution is 9.26. The molecule has 0 radical (unpaired) electrons. The fraction of sp³-hybridized carbons (Fsp3) is 1.00. The monoisotopic (exact) mass is 250 g/mol. The highest BCUT2D eigenvalue weighted by atomic mass is 79.9. The molecule has 1 aliphatic heterocycles. The molecule has 0 aromatic carbocycles. The zero-order chi connectivity index (χ0) is 8.32. The van der Waals surface area contributed by atoms with Crippen molar-refractivity contribution in [3.63, 3.8) is 0 Å². The molecule has 66 valence electrons. The molecule has 2 unspecified atom stereocenters. The Kier molecular flexibility index (Phi) is 3.85. The normalized spacial score (nSPS) is 39.0. The van der Waals surface area contributed by atoms with E-state index in [2.05, 4.69) is 29.1 Å². The number of rotatable bonds is 2. The van der Waals surface area contributed by atoms with Crippen molar-refractivity contribution in [3.8, 4) is 0 Å². The fourth-order valence-electron chi connectivity index (χ4n) is 2.10. The van der Waals surface area contributed by atoms with E-state index in [1.807, 2.05) is 0 Å². The fourth-order valence-corrected chi connectivity index (χ4v) is 17.9. The van der Waals surface area contributed by atoms with Gasteiger partial charge in [0.1, 0.15) is 6.69 Å². The van der Waals surface area contributed by atoms with Crippen molar-refractivity contribution in [1.29, 1.82) is 0 Å². The van der Waals surface area contributed by atoms with Gasteiger partial charge in [-0.05, 0) is 6.04 Å². The van der Waals surface area contributed by atoms with Gasteiger partial charge in [-0.2, -0.15) is 0 Å². The molecular weight excluding hydrogens is 232 g/mol. The standard InChI is InChI=1S/C8H19BrSi2/c1-3-10-6-5-7-11(9,4-2)8-10/h10H,3-8H2,1-2H3. The Bertz CT molecular complexity index is 129. The Morgan fingerprint density at radius 2 is 2.18 bits per heavy atom. The van der Waals surface area contributed by atoms with Crippen LogP contribution in [0.25, 0.3) is 0 Å². The second kappa shape index (κ2) is 4.24. The predicted molar refractivity (Wildman–Crippen MR) is 61.8 cm³/mol. The van der Waals surface area contributed by atoms with Crippen LogP contribution in [0.1, 0.15) is 20.3 Å². The van der Waals surface area contributed by atoms with Gasteiger partial charge in [0.15, 0.2) is 0 Å². The summed E-state index contributed by atoms with van der Waals surface area (Å²) in [4.78, 5) is 0. The minimum atomic E-state index is -0.820. The van der Waals surface area contributed by atoms with Crippen LogP contribution in [0.15, 0.2) is 0 Å². The third-order valence-corrected chi connectivity index (χ3v) is 19.0. The quantitative estimate of drug-likeness (QED) is 0.520. The summed E-state index contributed by atoms with van der Waals surface area (Å²) < 4.78 is 0. The van der Waals surface area contributed by atoms with Crippen LogP contribution < -0.4 is 0 Å². The first kappa shape index (κ1) is 10.00. The van der Waals surface area contributed by atoms with E-state index in [9.17, 15) is 0 Å². The zero-order valence-electron chi connectivity index (χ0n) is 7.70. The lowest BCUT2D eigenvalue weighted by atomic mass is 10.6. The third-order valence-electron chi connectivity index (χ3n) is 3.10. The van der Waals surface area contributed by atoms with E-state index in [1.165, 1.54) is 6.04 Å². The van der Waals surface area contributed by atoms with Gasteiger partial charge in [0.25, 0.3) is 0 Å². The molecule has 11 heavy (non-hydrogen) atoms. The van der Waals surface area contributed by atoms with Gasteiger partial charge in [0.2, 0.25) is 0 Å². The molecule has 3 heteroatoms. The Hall–Kier alpha value is 0.914. The highest BCUT2D eigenvalue weighted by Gasteiger charge is 2.34. The van der Waals surface area contributed by atoms with E-state index in [4.69, 9.17) is 0 Å². The summed E-state index contributed by atoms with van der Waals surface area (Å²) in [6, 6.07) is 6.21. The van der Waals surface area contributed by atoms with Crippen molar-refractivity contribution >= 4 is 30.8 Å². The van der Waals surface area contributed by atoms with Gasteiger partial charge in [0, 0.05) is 8.80 Å². The second-order valence-corrected chi connectivity index (χ2v) is 17.2. The van der Waals surface area contributed by atoms with Gasteiger partial charge in [-0.1, -0.05) is 44.1 Å². The lowest BCUT2D eigenvalue weighted by Gasteiger charge is -2.32. The molecule has 1 fully saturated rings. The predicted octanol–water partition coefficient (Wildman–Crippen LogP) is 3.54. The van der Waals surface area contributed by atoms with E-state index in [0.717, 1.165) is 0 Å². The summed E-state index contributed by atoms with van der Waals surface area (Å²) in [7, 11) is -0.233. The molecular formula is C8H19BrSi2. The molecule has 0 bridgehead atoms. The number of halogens is 1. The van der Waals surface area contributed by atoms with E-state index in [-0.39, 0.29) is 8.80 Å². The summed E-state index contributed by atoms with van der Waals surface area (Å²) in [5.74, 6) is 0. The van der Waals surface area contributed by atoms with Crippen molar-refractivity contribution < 1.29 is 0 Å². The smallest absolute Gasteiger partial charge is 0.127 e. The van der Waals surface area contributed by atoms with Crippen LogP contribution in [-0.4, -0.2) is 15.5 Å². The van der Waals surface area contributed by atoms with E-state index < -0.39 is 6.69 Å². The SMILES string of the molecule is CC[SiH]1CCC[Si](Br)(CC)C1. The van der Waals surface area contributed by atoms with E-state index in [0.29, 0.717) is 0 Å². The third kappa shape index (κ3) is 2.70. The lowest BCUT2D eigenvalue weighted by molar-refractivity contribution is 0.987. The van der Waals surface area contributed by atoms with E-state index in [1.54, 1.807) is 30.2 Å². The summed E-state index contributed by atoms with van der Waals surface area (Å²) in [5.41, 5.74) is 1.68. The molecule has 0 saturated carbocycles. The van der Waals surface area contributed by atoms with Crippen molar-refractivity contribution in [2.45, 2.75) is 50.1 Å². The average Bonchev–Trinajstić information content (AvgIpc) is 2.05. The highest BCUT2D eigenvalue weighted by Crippen LogP contribution is 2.37. The van der Waals surface area contributed by atoms with Crippen LogP contribution >= 0.6 is 15.3 Å². The van der Waals surface area contributed by atoms with Gasteiger partial charge in [0.05, 0.1) is 0 Å². The Morgan fingerprint density at radius 1 is 1.45 bits per heavy atom. The molecule has 1 rings (SSSR count). The van der Waals surface area contributed by atoms with Gasteiger partial charge >= 0.3 is 0 Å². The molecule has 0 aliphatic carbocycles. The average molecular weight is 251 g/mol. The van der Waals surface area contributed by atoms with Crippen molar-refractivity contribution in [2.24, 2.45) is 0 Å².